The van der Waals surface area contributed by atoms with Gasteiger partial charge >= 0.3 is 6.18 Å². The number of alkyl halides is 3. The number of nitrogens with zero attached hydrogens (tertiary/aromatic N) is 3. The van der Waals surface area contributed by atoms with E-state index in [0.717, 1.165) is 12.3 Å². The van der Waals surface area contributed by atoms with Crippen LogP contribution in [0.1, 0.15) is 26.0 Å². The van der Waals surface area contributed by atoms with E-state index in [1.807, 2.05) is 13.8 Å². The van der Waals surface area contributed by atoms with Gasteiger partial charge in [-0.25, -0.2) is 9.97 Å². The Bertz CT molecular complexity index is 462. The Hall–Kier alpha value is -1.44. The second-order valence-electron chi connectivity index (χ2n) is 4.80. The van der Waals surface area contributed by atoms with E-state index in [4.69, 9.17) is 18.0 Å². The van der Waals surface area contributed by atoms with Crippen LogP contribution in [0.25, 0.3) is 0 Å². The summed E-state index contributed by atoms with van der Waals surface area (Å²) in [6, 6.07) is 0.852. The average Bonchev–Trinajstić information content (AvgIpc) is 2.33. The minimum Gasteiger partial charge on any atom is -0.393 e. The maximum atomic E-state index is 12.7. The van der Waals surface area contributed by atoms with E-state index in [-0.39, 0.29) is 11.9 Å². The van der Waals surface area contributed by atoms with Crippen LogP contribution in [0.4, 0.5) is 19.1 Å². The second kappa shape index (κ2) is 6.83. The third-order valence-electron chi connectivity index (χ3n) is 2.43. The van der Waals surface area contributed by atoms with Crippen LogP contribution in [-0.4, -0.2) is 28.0 Å². The van der Waals surface area contributed by atoms with Gasteiger partial charge in [0.2, 0.25) is 5.95 Å². The first kappa shape index (κ1) is 16.6. The van der Waals surface area contributed by atoms with Gasteiger partial charge in [-0.3, -0.25) is 0 Å². The van der Waals surface area contributed by atoms with Crippen molar-refractivity contribution in [1.29, 1.82) is 0 Å². The highest BCUT2D eigenvalue weighted by Crippen LogP contribution is 2.28. The zero-order valence-electron chi connectivity index (χ0n) is 11.3. The Morgan fingerprint density at radius 3 is 2.60 bits per heavy atom. The number of hydrogen-bond donors (Lipinski definition) is 1. The summed E-state index contributed by atoms with van der Waals surface area (Å²) >= 11 is 4.79. The number of halogens is 3. The molecule has 0 fully saturated rings. The zero-order valence-corrected chi connectivity index (χ0v) is 12.1. The highest BCUT2D eigenvalue weighted by molar-refractivity contribution is 7.80. The highest BCUT2D eigenvalue weighted by Gasteiger charge is 2.33. The average molecular weight is 306 g/mol. The second-order valence-corrected chi connectivity index (χ2v) is 5.32. The molecule has 1 aromatic rings. The maximum absolute atomic E-state index is 12.7. The zero-order chi connectivity index (χ0) is 15.3. The van der Waals surface area contributed by atoms with Crippen LogP contribution in [0.3, 0.4) is 0 Å². The van der Waals surface area contributed by atoms with Crippen molar-refractivity contribution in [3.63, 3.8) is 0 Å². The molecule has 0 saturated carbocycles. The van der Waals surface area contributed by atoms with E-state index in [1.54, 1.807) is 4.90 Å². The molecule has 8 heteroatoms. The molecular weight excluding hydrogens is 289 g/mol. The first-order chi connectivity index (χ1) is 9.20. The molecule has 0 radical (unpaired) electrons. The first-order valence-electron chi connectivity index (χ1n) is 6.13. The standard InChI is InChI=1S/C12H17F3N4S/c1-8(2)7-19(6-4-10(16)20)11-17-5-3-9(18-11)12(13,14)15/h3,5,8H,4,6-7H2,1-2H3,(H2,16,20). The van der Waals surface area contributed by atoms with E-state index < -0.39 is 11.9 Å². The molecule has 2 N–H and O–H groups in total. The number of thiocarbonyl (C=S) groups is 1. The van der Waals surface area contributed by atoms with E-state index >= 15 is 0 Å². The molecule has 0 aromatic carbocycles. The first-order valence-corrected chi connectivity index (χ1v) is 6.54. The van der Waals surface area contributed by atoms with Crippen molar-refractivity contribution in [3.05, 3.63) is 18.0 Å². The molecule has 0 aliphatic rings. The van der Waals surface area contributed by atoms with Gasteiger partial charge in [0.05, 0.1) is 4.99 Å². The summed E-state index contributed by atoms with van der Waals surface area (Å²) in [5.41, 5.74) is 4.48. The van der Waals surface area contributed by atoms with Gasteiger partial charge in [-0.05, 0) is 12.0 Å². The van der Waals surface area contributed by atoms with Gasteiger partial charge in [-0.15, -0.1) is 0 Å². The van der Waals surface area contributed by atoms with Crippen molar-refractivity contribution < 1.29 is 13.2 Å². The van der Waals surface area contributed by atoms with E-state index in [0.29, 0.717) is 24.5 Å². The van der Waals surface area contributed by atoms with Gasteiger partial charge in [0.25, 0.3) is 0 Å². The molecule has 0 aliphatic heterocycles. The number of nitrogens with two attached hydrogens (primary N) is 1. The maximum Gasteiger partial charge on any atom is 0.433 e. The Labute approximate surface area is 121 Å². The van der Waals surface area contributed by atoms with Crippen molar-refractivity contribution in [3.8, 4) is 0 Å². The molecule has 1 rings (SSSR count). The lowest BCUT2D eigenvalue weighted by molar-refractivity contribution is -0.141. The van der Waals surface area contributed by atoms with Crippen LogP contribution >= 0.6 is 12.2 Å². The van der Waals surface area contributed by atoms with Crippen molar-refractivity contribution in [2.75, 3.05) is 18.0 Å². The van der Waals surface area contributed by atoms with E-state index in [9.17, 15) is 13.2 Å². The molecule has 1 heterocycles. The van der Waals surface area contributed by atoms with Gasteiger partial charge in [-0.1, -0.05) is 26.1 Å². The molecular formula is C12H17F3N4S. The third-order valence-corrected chi connectivity index (χ3v) is 2.63. The fourth-order valence-corrected chi connectivity index (χ4v) is 1.71. The Morgan fingerprint density at radius 1 is 1.45 bits per heavy atom. The molecule has 112 valence electrons. The quantitative estimate of drug-likeness (QED) is 0.819. The lowest BCUT2D eigenvalue weighted by atomic mass is 10.2. The van der Waals surface area contributed by atoms with Crippen molar-refractivity contribution in [2.24, 2.45) is 11.7 Å². The Kier molecular flexibility index (Phi) is 5.67. The fraction of sp³-hybridized carbons (Fsp3) is 0.583. The minimum atomic E-state index is -4.48. The largest absolute Gasteiger partial charge is 0.433 e. The molecule has 0 aliphatic carbocycles. The van der Waals surface area contributed by atoms with Crippen LogP contribution in [0, 0.1) is 5.92 Å². The minimum absolute atomic E-state index is 0.0461. The smallest absolute Gasteiger partial charge is 0.393 e. The summed E-state index contributed by atoms with van der Waals surface area (Å²) in [5, 5.41) is 0. The SMILES string of the molecule is CC(C)CN(CCC(N)=S)c1nccc(C(F)(F)F)n1. The predicted molar refractivity (Wildman–Crippen MR) is 75.5 cm³/mol. The molecule has 0 bridgehead atoms. The van der Waals surface area contributed by atoms with E-state index in [2.05, 4.69) is 9.97 Å². The Morgan fingerprint density at radius 2 is 2.10 bits per heavy atom. The molecule has 0 saturated heterocycles. The molecule has 0 atom stereocenters. The van der Waals surface area contributed by atoms with Crippen molar-refractivity contribution in [2.45, 2.75) is 26.4 Å². The van der Waals surface area contributed by atoms with Gasteiger partial charge in [0.1, 0.15) is 5.69 Å². The van der Waals surface area contributed by atoms with Gasteiger partial charge in [0.15, 0.2) is 0 Å². The molecule has 0 amide bonds. The molecule has 1 aromatic heterocycles. The predicted octanol–water partition coefficient (Wildman–Crippen LogP) is 2.63. The lowest BCUT2D eigenvalue weighted by Gasteiger charge is -2.24. The molecule has 0 unspecified atom stereocenters. The number of rotatable bonds is 6. The monoisotopic (exact) mass is 306 g/mol. The number of aromatic nitrogens is 2. The van der Waals surface area contributed by atoms with Crippen LogP contribution in [-0.2, 0) is 6.18 Å². The van der Waals surface area contributed by atoms with Gasteiger partial charge in [-0.2, -0.15) is 13.2 Å². The number of anilines is 1. The van der Waals surface area contributed by atoms with Crippen LogP contribution in [0.2, 0.25) is 0 Å². The van der Waals surface area contributed by atoms with Gasteiger partial charge in [0, 0.05) is 25.7 Å². The van der Waals surface area contributed by atoms with Gasteiger partial charge < -0.3 is 10.6 Å². The highest BCUT2D eigenvalue weighted by atomic mass is 32.1. The molecule has 4 nitrogen and oxygen atoms in total. The van der Waals surface area contributed by atoms with Crippen LogP contribution < -0.4 is 10.6 Å². The van der Waals surface area contributed by atoms with Crippen molar-refractivity contribution in [1.82, 2.24) is 9.97 Å². The van der Waals surface area contributed by atoms with Crippen molar-refractivity contribution >= 4 is 23.2 Å². The number of hydrogen-bond acceptors (Lipinski definition) is 4. The summed E-state index contributed by atoms with van der Waals surface area (Å²) in [6.45, 7) is 4.85. The van der Waals surface area contributed by atoms with Crippen LogP contribution in [0.15, 0.2) is 12.3 Å². The third kappa shape index (κ3) is 5.28. The normalized spacial score (nSPS) is 11.7. The summed E-state index contributed by atoms with van der Waals surface area (Å²) in [5.74, 6) is 0.296. The Balaban J connectivity index is 2.97. The topological polar surface area (TPSA) is 55.0 Å². The summed E-state index contributed by atoms with van der Waals surface area (Å²) < 4.78 is 38.0. The van der Waals surface area contributed by atoms with Crippen LogP contribution in [0.5, 0.6) is 0 Å². The van der Waals surface area contributed by atoms with E-state index in [1.165, 1.54) is 0 Å². The summed E-state index contributed by atoms with van der Waals surface area (Å²) in [4.78, 5) is 9.47. The molecule has 0 spiro atoms. The fourth-order valence-electron chi connectivity index (χ4n) is 1.62. The summed E-state index contributed by atoms with van der Waals surface area (Å²) in [6.07, 6.45) is -2.97. The molecule has 20 heavy (non-hydrogen) atoms. The lowest BCUT2D eigenvalue weighted by Crippen LogP contribution is -2.32. The summed E-state index contributed by atoms with van der Waals surface area (Å²) in [7, 11) is 0.